The number of nitrogens with two attached hydrogens (primary N) is 1. The largest absolute Gasteiger partial charge is 0.455 e. The summed E-state index contributed by atoms with van der Waals surface area (Å²) in [4.78, 5) is 11.5. The van der Waals surface area contributed by atoms with Gasteiger partial charge >= 0.3 is 0 Å². The number of hydrogen-bond acceptors (Lipinski definition) is 6. The molecule has 0 saturated carbocycles. The first-order valence-electron chi connectivity index (χ1n) is 8.93. The summed E-state index contributed by atoms with van der Waals surface area (Å²) in [5.41, 5.74) is 6.15. The van der Waals surface area contributed by atoms with E-state index in [1.165, 1.54) is 6.42 Å². The monoisotopic (exact) mass is 377 g/mol. The third-order valence-corrected chi connectivity index (χ3v) is 5.69. The van der Waals surface area contributed by atoms with Gasteiger partial charge in [0.15, 0.2) is 10.9 Å². The van der Waals surface area contributed by atoms with E-state index in [1.54, 1.807) is 17.8 Å². The summed E-state index contributed by atoms with van der Waals surface area (Å²) in [6.45, 7) is 8.20. The topological polar surface area (TPSA) is 99.0 Å². The number of piperidine rings is 1. The Morgan fingerprint density at radius 1 is 1.46 bits per heavy atom. The molecule has 3 N–H and O–H groups in total. The van der Waals surface area contributed by atoms with Crippen molar-refractivity contribution >= 4 is 17.7 Å². The molecule has 0 bridgehead atoms. The summed E-state index contributed by atoms with van der Waals surface area (Å²) in [6, 6.07) is 1.75. The van der Waals surface area contributed by atoms with E-state index in [4.69, 9.17) is 10.2 Å². The van der Waals surface area contributed by atoms with Crippen molar-refractivity contribution in [3.8, 4) is 0 Å². The molecule has 2 aromatic rings. The molecule has 2 aromatic heterocycles. The molecule has 142 valence electrons. The average Bonchev–Trinajstić information content (AvgIpc) is 3.17. The zero-order chi connectivity index (χ0) is 18.9. The Morgan fingerprint density at radius 2 is 2.23 bits per heavy atom. The molecule has 1 saturated heterocycles. The van der Waals surface area contributed by atoms with Crippen LogP contribution in [-0.4, -0.2) is 33.8 Å². The van der Waals surface area contributed by atoms with Gasteiger partial charge in [-0.25, -0.2) is 0 Å². The summed E-state index contributed by atoms with van der Waals surface area (Å²) < 4.78 is 7.80. The molecule has 0 aliphatic carbocycles. The first-order valence-corrected chi connectivity index (χ1v) is 9.91. The van der Waals surface area contributed by atoms with Gasteiger partial charge in [-0.1, -0.05) is 32.5 Å². The molecular weight excluding hydrogens is 350 g/mol. The van der Waals surface area contributed by atoms with Crippen LogP contribution in [0.3, 0.4) is 0 Å². The number of carbonyl (C=O) groups is 1. The molecule has 1 aliphatic rings. The third kappa shape index (κ3) is 3.96. The molecule has 0 aromatic carbocycles. The van der Waals surface area contributed by atoms with Gasteiger partial charge in [-0.05, 0) is 25.5 Å². The minimum absolute atomic E-state index is 0.206. The van der Waals surface area contributed by atoms with Crippen molar-refractivity contribution < 1.29 is 9.21 Å². The van der Waals surface area contributed by atoms with Crippen molar-refractivity contribution in [3.05, 3.63) is 29.0 Å². The molecule has 0 spiro atoms. The van der Waals surface area contributed by atoms with Crippen LogP contribution in [0.5, 0.6) is 0 Å². The summed E-state index contributed by atoms with van der Waals surface area (Å²) in [5, 5.41) is 13.1. The first kappa shape index (κ1) is 19.0. The van der Waals surface area contributed by atoms with Crippen molar-refractivity contribution in [1.82, 2.24) is 20.1 Å². The molecule has 7 nitrogen and oxygen atoms in total. The van der Waals surface area contributed by atoms with Crippen LogP contribution in [0.1, 0.15) is 67.2 Å². The zero-order valence-electron chi connectivity index (χ0n) is 15.8. The van der Waals surface area contributed by atoms with E-state index in [-0.39, 0.29) is 11.2 Å². The van der Waals surface area contributed by atoms with Crippen molar-refractivity contribution in [2.75, 3.05) is 13.1 Å². The van der Waals surface area contributed by atoms with Crippen LogP contribution in [0, 0.1) is 0 Å². The number of hydrogen-bond donors (Lipinski definition) is 2. The molecule has 0 radical (unpaired) electrons. The molecule has 0 unspecified atom stereocenters. The zero-order valence-corrected chi connectivity index (χ0v) is 16.7. The Labute approximate surface area is 158 Å². The molecule has 3 rings (SSSR count). The van der Waals surface area contributed by atoms with Crippen LogP contribution < -0.4 is 11.1 Å². The maximum absolute atomic E-state index is 11.5. The van der Waals surface area contributed by atoms with Crippen molar-refractivity contribution in [2.24, 2.45) is 12.8 Å². The Balaban J connectivity index is 1.77. The molecule has 3 heterocycles. The Hall–Kier alpha value is -1.80. The lowest BCUT2D eigenvalue weighted by Crippen LogP contribution is -2.29. The second-order valence-electron chi connectivity index (χ2n) is 7.81. The summed E-state index contributed by atoms with van der Waals surface area (Å²) >= 11 is 1.60. The van der Waals surface area contributed by atoms with Crippen molar-refractivity contribution in [3.63, 3.8) is 0 Å². The molecule has 26 heavy (non-hydrogen) atoms. The standard InChI is InChI=1S/C18H27N5O2S/c1-18(2,3)14-12(8-13(25-14)15(19)24)10-26-17-22-21-16(23(17)4)11-6-5-7-20-9-11/h8,11,20H,5-7,9-10H2,1-4H3,(H2,19,24)/t11-/m1/s1. The van der Waals surface area contributed by atoms with Gasteiger partial charge in [0, 0.05) is 36.2 Å². The van der Waals surface area contributed by atoms with Crippen molar-refractivity contribution in [1.29, 1.82) is 0 Å². The van der Waals surface area contributed by atoms with Gasteiger partial charge < -0.3 is 20.0 Å². The minimum atomic E-state index is -0.544. The fourth-order valence-electron chi connectivity index (χ4n) is 3.31. The average molecular weight is 378 g/mol. The number of rotatable bonds is 5. The van der Waals surface area contributed by atoms with Gasteiger partial charge in [0.1, 0.15) is 11.6 Å². The summed E-state index contributed by atoms with van der Waals surface area (Å²) in [5.74, 6) is 2.54. The minimum Gasteiger partial charge on any atom is -0.455 e. The van der Waals surface area contributed by atoms with Gasteiger partial charge in [-0.15, -0.1) is 10.2 Å². The Bertz CT molecular complexity index is 784. The van der Waals surface area contributed by atoms with E-state index in [0.29, 0.717) is 11.7 Å². The molecule has 1 amide bonds. The second-order valence-corrected chi connectivity index (χ2v) is 8.75. The quantitative estimate of drug-likeness (QED) is 0.777. The van der Waals surface area contributed by atoms with E-state index in [1.807, 2.05) is 7.05 Å². The van der Waals surface area contributed by atoms with Crippen LogP contribution in [0.4, 0.5) is 0 Å². The number of nitrogens with one attached hydrogen (secondary N) is 1. The van der Waals surface area contributed by atoms with Gasteiger partial charge in [0.2, 0.25) is 0 Å². The highest BCUT2D eigenvalue weighted by molar-refractivity contribution is 7.98. The van der Waals surface area contributed by atoms with E-state index in [0.717, 1.165) is 41.8 Å². The van der Waals surface area contributed by atoms with E-state index in [9.17, 15) is 4.79 Å². The lowest BCUT2D eigenvalue weighted by molar-refractivity contribution is 0.0970. The Morgan fingerprint density at radius 3 is 2.85 bits per heavy atom. The number of furan rings is 1. The molecule has 1 atom stereocenters. The SMILES string of the molecule is Cn1c(SCc2cc(C(N)=O)oc2C(C)(C)C)nnc1[C@@H]1CCCNC1. The number of primary amides is 1. The van der Waals surface area contributed by atoms with Crippen LogP contribution in [0.25, 0.3) is 0 Å². The maximum atomic E-state index is 11.5. The first-order chi connectivity index (χ1) is 12.3. The lowest BCUT2D eigenvalue weighted by Gasteiger charge is -2.21. The smallest absolute Gasteiger partial charge is 0.284 e. The Kier molecular flexibility index (Phi) is 5.43. The number of carbonyl (C=O) groups excluding carboxylic acids is 1. The van der Waals surface area contributed by atoms with E-state index in [2.05, 4.69) is 40.9 Å². The van der Waals surface area contributed by atoms with Crippen LogP contribution in [-0.2, 0) is 18.2 Å². The predicted molar refractivity (Wildman–Crippen MR) is 101 cm³/mol. The lowest BCUT2D eigenvalue weighted by atomic mass is 9.91. The molecule has 1 fully saturated rings. The molecule has 8 heteroatoms. The van der Waals surface area contributed by atoms with E-state index < -0.39 is 5.91 Å². The van der Waals surface area contributed by atoms with Gasteiger partial charge in [0.05, 0.1) is 0 Å². The summed E-state index contributed by atoms with van der Waals surface area (Å²) in [7, 11) is 2.02. The second kappa shape index (κ2) is 7.44. The normalized spacial score (nSPS) is 18.2. The van der Waals surface area contributed by atoms with Gasteiger partial charge in [-0.2, -0.15) is 0 Å². The molecule has 1 aliphatic heterocycles. The predicted octanol–water partition coefficient (Wildman–Crippen LogP) is 2.56. The number of aromatic nitrogens is 3. The summed E-state index contributed by atoms with van der Waals surface area (Å²) in [6.07, 6.45) is 2.31. The van der Waals surface area contributed by atoms with Gasteiger partial charge in [0.25, 0.3) is 5.91 Å². The van der Waals surface area contributed by atoms with E-state index >= 15 is 0 Å². The highest BCUT2D eigenvalue weighted by Gasteiger charge is 2.26. The van der Waals surface area contributed by atoms with Crippen molar-refractivity contribution in [2.45, 2.75) is 55.9 Å². The van der Waals surface area contributed by atoms with Crippen LogP contribution in [0.2, 0.25) is 0 Å². The van der Waals surface area contributed by atoms with Crippen LogP contribution >= 0.6 is 11.8 Å². The third-order valence-electron chi connectivity index (χ3n) is 4.62. The highest BCUT2D eigenvalue weighted by Crippen LogP contribution is 2.33. The number of nitrogens with zero attached hydrogens (tertiary/aromatic N) is 3. The van der Waals surface area contributed by atoms with Gasteiger partial charge in [-0.3, -0.25) is 4.79 Å². The number of thioether (sulfide) groups is 1. The fourth-order valence-corrected chi connectivity index (χ4v) is 4.20. The highest BCUT2D eigenvalue weighted by atomic mass is 32.2. The fraction of sp³-hybridized carbons (Fsp3) is 0.611. The molecular formula is C18H27N5O2S. The number of amides is 1. The van der Waals surface area contributed by atoms with Crippen LogP contribution in [0.15, 0.2) is 15.6 Å². The maximum Gasteiger partial charge on any atom is 0.284 e.